The van der Waals surface area contributed by atoms with Gasteiger partial charge in [0.05, 0.1) is 23.0 Å². The van der Waals surface area contributed by atoms with Crippen LogP contribution < -0.4 is 10.5 Å². The number of aromatic nitrogens is 1. The van der Waals surface area contributed by atoms with Crippen LogP contribution >= 0.6 is 11.3 Å². The maximum atomic E-state index is 5.90. The summed E-state index contributed by atoms with van der Waals surface area (Å²) in [6.45, 7) is 4.56. The number of hydrogen-bond donors (Lipinski definition) is 1. The molecule has 0 atom stereocenters. The first-order valence-corrected chi connectivity index (χ1v) is 6.03. The quantitative estimate of drug-likeness (QED) is 0.830. The van der Waals surface area contributed by atoms with Crippen LogP contribution in [-0.4, -0.2) is 11.6 Å². The highest BCUT2D eigenvalue weighted by molar-refractivity contribution is 7.09. The molecule has 0 spiro atoms. The van der Waals surface area contributed by atoms with E-state index in [-0.39, 0.29) is 0 Å². The third kappa shape index (κ3) is 2.17. The van der Waals surface area contributed by atoms with E-state index in [1.54, 1.807) is 11.3 Å². The molecule has 4 heteroatoms. The van der Waals surface area contributed by atoms with E-state index in [1.807, 2.05) is 37.4 Å². The number of nitrogens with two attached hydrogens (primary N) is 1. The molecule has 0 aliphatic carbocycles. The van der Waals surface area contributed by atoms with Crippen molar-refractivity contribution < 1.29 is 4.74 Å². The van der Waals surface area contributed by atoms with Crippen molar-refractivity contribution in [2.75, 3.05) is 12.3 Å². The Morgan fingerprint density at radius 1 is 1.44 bits per heavy atom. The molecule has 1 aromatic carbocycles. The molecule has 0 aliphatic heterocycles. The van der Waals surface area contributed by atoms with Crippen LogP contribution in [0, 0.1) is 6.92 Å². The molecule has 0 saturated carbocycles. The van der Waals surface area contributed by atoms with E-state index in [0.29, 0.717) is 12.3 Å². The highest BCUT2D eigenvalue weighted by Gasteiger charge is 2.05. The number of anilines is 1. The molecule has 0 saturated heterocycles. The van der Waals surface area contributed by atoms with Crippen molar-refractivity contribution in [3.8, 4) is 17.0 Å². The van der Waals surface area contributed by atoms with Crippen LogP contribution in [0.15, 0.2) is 23.6 Å². The van der Waals surface area contributed by atoms with E-state index < -0.39 is 0 Å². The number of nitrogens with zero attached hydrogens (tertiary/aromatic N) is 1. The van der Waals surface area contributed by atoms with E-state index in [9.17, 15) is 0 Å². The van der Waals surface area contributed by atoms with Gasteiger partial charge in [-0.2, -0.15) is 0 Å². The first kappa shape index (κ1) is 11.0. The minimum atomic E-state index is 0.624. The van der Waals surface area contributed by atoms with Crippen LogP contribution in [-0.2, 0) is 0 Å². The number of rotatable bonds is 3. The minimum absolute atomic E-state index is 0.624. The predicted octanol–water partition coefficient (Wildman–Crippen LogP) is 3.10. The lowest BCUT2D eigenvalue weighted by Gasteiger charge is -2.07. The van der Waals surface area contributed by atoms with Crippen molar-refractivity contribution in [2.45, 2.75) is 13.8 Å². The van der Waals surface area contributed by atoms with Crippen molar-refractivity contribution in [2.24, 2.45) is 0 Å². The highest BCUT2D eigenvalue weighted by Crippen LogP contribution is 2.29. The average Bonchev–Trinajstić information content (AvgIpc) is 2.68. The Hall–Kier alpha value is -1.55. The standard InChI is InChI=1S/C12H14N2OS/c1-3-15-12-5-4-9(6-10(12)13)11-7-16-8(2)14-11/h4-7H,3,13H2,1-2H3. The first-order chi connectivity index (χ1) is 7.70. The second kappa shape index (κ2) is 4.53. The Bertz CT molecular complexity index is 494. The monoisotopic (exact) mass is 234 g/mol. The van der Waals surface area contributed by atoms with Crippen LogP contribution in [0.2, 0.25) is 0 Å². The fraction of sp³-hybridized carbons (Fsp3) is 0.250. The summed E-state index contributed by atoms with van der Waals surface area (Å²) in [6.07, 6.45) is 0. The van der Waals surface area contributed by atoms with Crippen LogP contribution in [0.1, 0.15) is 11.9 Å². The van der Waals surface area contributed by atoms with Crippen LogP contribution in [0.4, 0.5) is 5.69 Å². The summed E-state index contributed by atoms with van der Waals surface area (Å²) in [4.78, 5) is 4.42. The van der Waals surface area contributed by atoms with Gasteiger partial charge >= 0.3 is 0 Å². The van der Waals surface area contributed by atoms with Gasteiger partial charge in [-0.05, 0) is 32.0 Å². The maximum absolute atomic E-state index is 5.90. The summed E-state index contributed by atoms with van der Waals surface area (Å²) >= 11 is 1.64. The zero-order chi connectivity index (χ0) is 11.5. The third-order valence-electron chi connectivity index (χ3n) is 2.22. The molecule has 3 nitrogen and oxygen atoms in total. The van der Waals surface area contributed by atoms with Gasteiger partial charge in [0.2, 0.25) is 0 Å². The number of ether oxygens (including phenoxy) is 1. The van der Waals surface area contributed by atoms with Crippen LogP contribution in [0.25, 0.3) is 11.3 Å². The van der Waals surface area contributed by atoms with E-state index in [1.165, 1.54) is 0 Å². The minimum Gasteiger partial charge on any atom is -0.492 e. The van der Waals surface area contributed by atoms with Crippen LogP contribution in [0.5, 0.6) is 5.75 Å². The maximum Gasteiger partial charge on any atom is 0.142 e. The molecule has 0 fully saturated rings. The van der Waals surface area contributed by atoms with Gasteiger partial charge in [0.1, 0.15) is 5.75 Å². The van der Waals surface area contributed by atoms with Gasteiger partial charge in [-0.1, -0.05) is 0 Å². The lowest BCUT2D eigenvalue weighted by molar-refractivity contribution is 0.342. The number of benzene rings is 1. The lowest BCUT2D eigenvalue weighted by Crippen LogP contribution is -1.96. The molecular formula is C12H14N2OS. The third-order valence-corrected chi connectivity index (χ3v) is 3.00. The second-order valence-electron chi connectivity index (χ2n) is 3.44. The number of thiazole rings is 1. The molecule has 0 radical (unpaired) electrons. The zero-order valence-corrected chi connectivity index (χ0v) is 10.2. The van der Waals surface area contributed by atoms with Crippen molar-refractivity contribution in [1.29, 1.82) is 0 Å². The molecule has 0 bridgehead atoms. The fourth-order valence-corrected chi connectivity index (χ4v) is 2.11. The molecule has 84 valence electrons. The highest BCUT2D eigenvalue weighted by atomic mass is 32.1. The summed E-state index contributed by atoms with van der Waals surface area (Å²) in [7, 11) is 0. The Kier molecular flexibility index (Phi) is 3.10. The summed E-state index contributed by atoms with van der Waals surface area (Å²) in [5.41, 5.74) is 8.56. The van der Waals surface area contributed by atoms with Crippen molar-refractivity contribution in [3.63, 3.8) is 0 Å². The van der Waals surface area contributed by atoms with Crippen molar-refractivity contribution in [3.05, 3.63) is 28.6 Å². The number of nitrogen functional groups attached to an aromatic ring is 1. The van der Waals surface area contributed by atoms with Gasteiger partial charge in [-0.15, -0.1) is 11.3 Å². The van der Waals surface area contributed by atoms with E-state index >= 15 is 0 Å². The molecule has 0 unspecified atom stereocenters. The van der Waals surface area contributed by atoms with E-state index in [2.05, 4.69) is 4.98 Å². The van der Waals surface area contributed by atoms with Gasteiger partial charge < -0.3 is 10.5 Å². The molecule has 1 aromatic heterocycles. The van der Waals surface area contributed by atoms with Gasteiger partial charge in [-0.25, -0.2) is 4.98 Å². The Labute approximate surface area is 98.9 Å². The fourth-order valence-electron chi connectivity index (χ4n) is 1.49. The van der Waals surface area contributed by atoms with E-state index in [4.69, 9.17) is 10.5 Å². The van der Waals surface area contributed by atoms with Gasteiger partial charge in [-0.3, -0.25) is 0 Å². The normalized spacial score (nSPS) is 10.4. The molecule has 2 aromatic rings. The second-order valence-corrected chi connectivity index (χ2v) is 4.50. The molecular weight excluding hydrogens is 220 g/mol. The topological polar surface area (TPSA) is 48.1 Å². The average molecular weight is 234 g/mol. The van der Waals surface area contributed by atoms with Crippen molar-refractivity contribution >= 4 is 17.0 Å². The predicted molar refractivity (Wildman–Crippen MR) is 67.9 cm³/mol. The summed E-state index contributed by atoms with van der Waals surface area (Å²) in [5, 5.41) is 3.09. The lowest BCUT2D eigenvalue weighted by atomic mass is 10.1. The summed E-state index contributed by atoms with van der Waals surface area (Å²) < 4.78 is 5.39. The molecule has 0 amide bonds. The van der Waals surface area contributed by atoms with Crippen molar-refractivity contribution in [1.82, 2.24) is 4.98 Å². The Morgan fingerprint density at radius 3 is 2.81 bits per heavy atom. The van der Waals surface area contributed by atoms with Gasteiger partial charge in [0.25, 0.3) is 0 Å². The molecule has 0 aliphatic rings. The SMILES string of the molecule is CCOc1ccc(-c2csc(C)n2)cc1N. The van der Waals surface area contributed by atoms with E-state index in [0.717, 1.165) is 22.0 Å². The summed E-state index contributed by atoms with van der Waals surface area (Å²) in [6, 6.07) is 5.78. The molecule has 16 heavy (non-hydrogen) atoms. The van der Waals surface area contributed by atoms with Gasteiger partial charge in [0, 0.05) is 10.9 Å². The first-order valence-electron chi connectivity index (χ1n) is 5.15. The molecule has 2 rings (SSSR count). The Morgan fingerprint density at radius 2 is 2.25 bits per heavy atom. The number of aryl methyl sites for hydroxylation is 1. The Balaban J connectivity index is 2.34. The molecule has 1 heterocycles. The summed E-state index contributed by atoms with van der Waals surface area (Å²) in [5.74, 6) is 0.734. The number of hydrogen-bond acceptors (Lipinski definition) is 4. The smallest absolute Gasteiger partial charge is 0.142 e. The molecule has 2 N–H and O–H groups in total. The van der Waals surface area contributed by atoms with Crippen LogP contribution in [0.3, 0.4) is 0 Å². The zero-order valence-electron chi connectivity index (χ0n) is 9.36. The van der Waals surface area contributed by atoms with Gasteiger partial charge in [0.15, 0.2) is 0 Å². The largest absolute Gasteiger partial charge is 0.492 e.